The Kier molecular flexibility index (Phi) is 6.61. The highest BCUT2D eigenvalue weighted by atomic mass is 35.5. The van der Waals surface area contributed by atoms with E-state index in [4.69, 9.17) is 25.8 Å². The summed E-state index contributed by atoms with van der Waals surface area (Å²) in [6, 6.07) is 3.90. The van der Waals surface area contributed by atoms with E-state index in [0.717, 1.165) is 44.5 Å². The minimum absolute atomic E-state index is 0.342. The van der Waals surface area contributed by atoms with Gasteiger partial charge < -0.3 is 19.5 Å². The van der Waals surface area contributed by atoms with Crippen molar-refractivity contribution >= 4 is 11.6 Å². The molecule has 0 spiro atoms. The summed E-state index contributed by atoms with van der Waals surface area (Å²) >= 11 is 6.30. The zero-order chi connectivity index (χ0) is 15.1. The Labute approximate surface area is 131 Å². The van der Waals surface area contributed by atoms with Crippen LogP contribution in [0.4, 0.5) is 0 Å². The second kappa shape index (κ2) is 8.47. The highest BCUT2D eigenvalue weighted by Gasteiger charge is 2.15. The van der Waals surface area contributed by atoms with E-state index in [1.54, 1.807) is 7.11 Å². The summed E-state index contributed by atoms with van der Waals surface area (Å²) in [5.41, 5.74) is 1.08. The number of rotatable bonds is 8. The molecule has 118 valence electrons. The quantitative estimate of drug-likeness (QED) is 0.798. The van der Waals surface area contributed by atoms with Gasteiger partial charge in [-0.15, -0.1) is 0 Å². The van der Waals surface area contributed by atoms with Crippen molar-refractivity contribution in [3.05, 3.63) is 22.7 Å². The van der Waals surface area contributed by atoms with E-state index in [-0.39, 0.29) is 0 Å². The molecule has 0 saturated carbocycles. The number of hydrogen-bond donors (Lipinski definition) is 1. The number of ether oxygens (including phenoxy) is 3. The molecule has 1 atom stereocenters. The van der Waals surface area contributed by atoms with E-state index in [9.17, 15) is 0 Å². The SMILES string of the molecule is CCCOc1c(Cl)cc(CNC[C@H]2CCCO2)cc1OC. The van der Waals surface area contributed by atoms with Crippen LogP contribution in [0.2, 0.25) is 5.02 Å². The summed E-state index contributed by atoms with van der Waals surface area (Å²) in [7, 11) is 1.63. The molecule has 0 amide bonds. The molecular formula is C16H24ClNO3. The fourth-order valence-electron chi connectivity index (χ4n) is 2.40. The van der Waals surface area contributed by atoms with Crippen molar-refractivity contribution in [1.82, 2.24) is 5.32 Å². The molecule has 1 saturated heterocycles. The van der Waals surface area contributed by atoms with Gasteiger partial charge in [0.2, 0.25) is 0 Å². The molecule has 4 nitrogen and oxygen atoms in total. The lowest BCUT2D eigenvalue weighted by Gasteiger charge is -2.15. The molecule has 1 heterocycles. The highest BCUT2D eigenvalue weighted by molar-refractivity contribution is 6.32. The first-order chi connectivity index (χ1) is 10.2. The van der Waals surface area contributed by atoms with Crippen LogP contribution in [0.1, 0.15) is 31.7 Å². The summed E-state index contributed by atoms with van der Waals surface area (Å²) in [6.45, 7) is 5.18. The molecule has 0 bridgehead atoms. The van der Waals surface area contributed by atoms with Crippen molar-refractivity contribution in [2.24, 2.45) is 0 Å². The van der Waals surface area contributed by atoms with Crippen LogP contribution in [-0.4, -0.2) is 33.0 Å². The maximum absolute atomic E-state index is 6.30. The molecular weight excluding hydrogens is 290 g/mol. The fraction of sp³-hybridized carbons (Fsp3) is 0.625. The summed E-state index contributed by atoms with van der Waals surface area (Å²) in [5, 5.41) is 4.00. The number of benzene rings is 1. The van der Waals surface area contributed by atoms with Gasteiger partial charge in [0.05, 0.1) is 24.8 Å². The minimum Gasteiger partial charge on any atom is -0.493 e. The monoisotopic (exact) mass is 313 g/mol. The molecule has 0 aromatic heterocycles. The molecule has 2 rings (SSSR count). The van der Waals surface area contributed by atoms with E-state index in [1.807, 2.05) is 12.1 Å². The van der Waals surface area contributed by atoms with Crippen LogP contribution >= 0.6 is 11.6 Å². The van der Waals surface area contributed by atoms with Crippen LogP contribution in [0.15, 0.2) is 12.1 Å². The van der Waals surface area contributed by atoms with Crippen LogP contribution in [0, 0.1) is 0 Å². The van der Waals surface area contributed by atoms with Crippen molar-refractivity contribution in [2.45, 2.75) is 38.8 Å². The van der Waals surface area contributed by atoms with Crippen molar-refractivity contribution in [2.75, 3.05) is 26.9 Å². The Balaban J connectivity index is 1.94. The zero-order valence-corrected chi connectivity index (χ0v) is 13.5. The first kappa shape index (κ1) is 16.4. The van der Waals surface area contributed by atoms with Crippen molar-refractivity contribution in [1.29, 1.82) is 0 Å². The van der Waals surface area contributed by atoms with E-state index in [2.05, 4.69) is 12.2 Å². The van der Waals surface area contributed by atoms with Gasteiger partial charge in [-0.3, -0.25) is 0 Å². The number of nitrogens with one attached hydrogen (secondary N) is 1. The van der Waals surface area contributed by atoms with Gasteiger partial charge in [0.25, 0.3) is 0 Å². The molecule has 1 aromatic rings. The van der Waals surface area contributed by atoms with Gasteiger partial charge in [-0.1, -0.05) is 18.5 Å². The van der Waals surface area contributed by atoms with Gasteiger partial charge >= 0.3 is 0 Å². The van der Waals surface area contributed by atoms with Crippen molar-refractivity contribution < 1.29 is 14.2 Å². The molecule has 1 aliphatic rings. The van der Waals surface area contributed by atoms with E-state index < -0.39 is 0 Å². The molecule has 0 radical (unpaired) electrons. The lowest BCUT2D eigenvalue weighted by atomic mass is 10.2. The summed E-state index contributed by atoms with van der Waals surface area (Å²) in [5.74, 6) is 1.31. The molecule has 1 fully saturated rings. The molecule has 1 aliphatic heterocycles. The number of hydrogen-bond acceptors (Lipinski definition) is 4. The maximum Gasteiger partial charge on any atom is 0.179 e. The lowest BCUT2D eigenvalue weighted by molar-refractivity contribution is 0.110. The molecule has 1 N–H and O–H groups in total. The van der Waals surface area contributed by atoms with Crippen molar-refractivity contribution in [3.63, 3.8) is 0 Å². The fourth-order valence-corrected chi connectivity index (χ4v) is 2.69. The predicted molar refractivity (Wildman–Crippen MR) is 84.5 cm³/mol. The van der Waals surface area contributed by atoms with Crippen LogP contribution in [0.5, 0.6) is 11.5 Å². The molecule has 0 aliphatic carbocycles. The second-order valence-corrected chi connectivity index (χ2v) is 5.63. The largest absolute Gasteiger partial charge is 0.493 e. The van der Waals surface area contributed by atoms with Crippen LogP contribution in [0.3, 0.4) is 0 Å². The van der Waals surface area contributed by atoms with Gasteiger partial charge in [0.15, 0.2) is 11.5 Å². The van der Waals surface area contributed by atoms with Crippen LogP contribution in [0.25, 0.3) is 0 Å². The third-order valence-corrected chi connectivity index (χ3v) is 3.75. The Hall–Kier alpha value is -0.970. The smallest absolute Gasteiger partial charge is 0.179 e. The van der Waals surface area contributed by atoms with Gasteiger partial charge in [-0.2, -0.15) is 0 Å². The average Bonchev–Trinajstić information content (AvgIpc) is 2.99. The minimum atomic E-state index is 0.342. The summed E-state index contributed by atoms with van der Waals surface area (Å²) in [6.07, 6.45) is 3.58. The van der Waals surface area contributed by atoms with E-state index in [0.29, 0.717) is 29.2 Å². The zero-order valence-electron chi connectivity index (χ0n) is 12.8. The Morgan fingerprint density at radius 2 is 2.29 bits per heavy atom. The van der Waals surface area contributed by atoms with Gasteiger partial charge in [-0.25, -0.2) is 0 Å². The standard InChI is InChI=1S/C16H24ClNO3/c1-3-6-21-16-14(17)8-12(9-15(16)19-2)10-18-11-13-5-4-7-20-13/h8-9,13,18H,3-7,10-11H2,1-2H3/t13-/m1/s1. The summed E-state index contributed by atoms with van der Waals surface area (Å²) < 4.78 is 16.6. The second-order valence-electron chi connectivity index (χ2n) is 5.22. The summed E-state index contributed by atoms with van der Waals surface area (Å²) in [4.78, 5) is 0. The number of methoxy groups -OCH3 is 1. The Morgan fingerprint density at radius 1 is 1.43 bits per heavy atom. The number of halogens is 1. The van der Waals surface area contributed by atoms with E-state index in [1.165, 1.54) is 0 Å². The van der Waals surface area contributed by atoms with Gasteiger partial charge in [0, 0.05) is 19.7 Å². The first-order valence-corrected chi connectivity index (χ1v) is 7.94. The maximum atomic E-state index is 6.30. The topological polar surface area (TPSA) is 39.7 Å². The normalized spacial score (nSPS) is 18.0. The average molecular weight is 314 g/mol. The highest BCUT2D eigenvalue weighted by Crippen LogP contribution is 2.36. The van der Waals surface area contributed by atoms with Gasteiger partial charge in [-0.05, 0) is 37.0 Å². The molecule has 1 aromatic carbocycles. The van der Waals surface area contributed by atoms with Crippen LogP contribution in [-0.2, 0) is 11.3 Å². The lowest BCUT2D eigenvalue weighted by Crippen LogP contribution is -2.25. The van der Waals surface area contributed by atoms with E-state index >= 15 is 0 Å². The Bertz CT molecular complexity index is 447. The third-order valence-electron chi connectivity index (χ3n) is 3.46. The third kappa shape index (κ3) is 4.77. The van der Waals surface area contributed by atoms with Crippen LogP contribution < -0.4 is 14.8 Å². The molecule has 21 heavy (non-hydrogen) atoms. The van der Waals surface area contributed by atoms with Crippen molar-refractivity contribution in [3.8, 4) is 11.5 Å². The first-order valence-electron chi connectivity index (χ1n) is 7.56. The Morgan fingerprint density at radius 3 is 2.95 bits per heavy atom. The molecule has 0 unspecified atom stereocenters. The van der Waals surface area contributed by atoms with Gasteiger partial charge in [0.1, 0.15) is 0 Å². The molecule has 5 heteroatoms. The predicted octanol–water partition coefficient (Wildman–Crippen LogP) is 3.41.